The zero-order valence-electron chi connectivity index (χ0n) is 32.5. The van der Waals surface area contributed by atoms with Gasteiger partial charge in [0.2, 0.25) is 0 Å². The Morgan fingerprint density at radius 3 is 1.05 bits per heavy atom. The Morgan fingerprint density at radius 2 is 0.791 bits per heavy atom. The molecule has 0 atom stereocenters. The van der Waals surface area contributed by atoms with Gasteiger partial charge >= 0.3 is 41.7 Å². The summed E-state index contributed by atoms with van der Waals surface area (Å²) in [6.07, 6.45) is 13.3. The minimum atomic E-state index is -1.48. The van der Waals surface area contributed by atoms with Crippen LogP contribution in [0.1, 0.15) is 64.2 Å². The van der Waals surface area contributed by atoms with Crippen LogP contribution >= 0.6 is 0 Å². The second kappa shape index (κ2) is 19.8. The summed E-state index contributed by atoms with van der Waals surface area (Å²) in [4.78, 5) is 5.31. The van der Waals surface area contributed by atoms with E-state index in [4.69, 9.17) is 19.6 Å². The number of aliphatic imine (C=N–C) groups is 1. The molecule has 12 heteroatoms. The maximum absolute atomic E-state index is 5.31. The zero-order valence-corrected chi connectivity index (χ0v) is 41.6. The second-order valence-electron chi connectivity index (χ2n) is 18.7. The van der Waals surface area contributed by atoms with Gasteiger partial charge in [0.15, 0.2) is 0 Å². The molecule has 0 aromatic carbocycles. The molecule has 0 amide bonds. The normalized spacial score (nSPS) is 18.4. The fourth-order valence-electron chi connectivity index (χ4n) is 6.51. The summed E-state index contributed by atoms with van der Waals surface area (Å²) in [5.74, 6) is 1.16. The predicted molar refractivity (Wildman–Crippen MR) is 213 cm³/mol. The van der Waals surface area contributed by atoms with Crippen molar-refractivity contribution in [3.05, 3.63) is 14.6 Å². The zero-order chi connectivity index (χ0) is 33.2. The maximum Gasteiger partial charge on any atom is 3.00 e. The number of nitrogens with zero attached hydrogens (tertiary/aromatic N) is 5. The number of guanidine groups is 1. The first kappa shape index (κ1) is 47.0. The molecule has 43 heavy (non-hydrogen) atoms. The van der Waals surface area contributed by atoms with E-state index in [1.165, 1.54) is 64.2 Å². The van der Waals surface area contributed by atoms with Gasteiger partial charge in [-0.05, 0) is 37.8 Å². The SMILES string of the molecule is C[Si](C)(C)N(C(=NC1CCCCC1)[N-]C1CCCCC1)[Si](C)(C)C.C[Si](C)(C)[N-][Si](C)(C)C.C[Si](C)(C)[N-][Si](C)(C)C.[Ce+3]. The molecule has 0 N–H and O–H groups in total. The Hall–Kier alpha value is 1.87. The van der Waals surface area contributed by atoms with Crippen molar-refractivity contribution in [1.29, 1.82) is 0 Å². The van der Waals surface area contributed by atoms with Crippen LogP contribution in [-0.4, -0.2) is 71.7 Å². The Balaban J connectivity index is 0. The van der Waals surface area contributed by atoms with E-state index in [2.05, 4.69) is 122 Å². The average molecular weight is 828 g/mol. The fourth-order valence-corrected chi connectivity index (χ4v) is 32.1. The van der Waals surface area contributed by atoms with E-state index in [-0.39, 0.29) is 41.7 Å². The van der Waals surface area contributed by atoms with Gasteiger partial charge in [-0.3, -0.25) is 0 Å². The first-order chi connectivity index (χ1) is 18.6. The van der Waals surface area contributed by atoms with Crippen LogP contribution in [0, 0.1) is 41.7 Å². The van der Waals surface area contributed by atoms with Crippen molar-refractivity contribution in [2.45, 2.75) is 194 Å². The van der Waals surface area contributed by atoms with Gasteiger partial charge < -0.3 is 23.8 Å². The van der Waals surface area contributed by atoms with E-state index in [9.17, 15) is 0 Å². The first-order valence-corrected chi connectivity index (χ1v) is 37.8. The summed E-state index contributed by atoms with van der Waals surface area (Å²) in [5.41, 5.74) is 0. The number of hydrogen-bond acceptors (Lipinski definition) is 1. The molecule has 0 spiro atoms. The third-order valence-corrected chi connectivity index (χ3v) is 24.5. The van der Waals surface area contributed by atoms with Gasteiger partial charge in [0.25, 0.3) is 0 Å². The summed E-state index contributed by atoms with van der Waals surface area (Å²) < 4.78 is 12.4. The van der Waals surface area contributed by atoms with Crippen LogP contribution in [0.25, 0.3) is 14.6 Å². The number of rotatable bonds is 8. The molecular weight excluding hydrogens is 751 g/mol. The quantitative estimate of drug-likeness (QED) is 0.137. The van der Waals surface area contributed by atoms with Crippen molar-refractivity contribution in [2.24, 2.45) is 4.99 Å². The van der Waals surface area contributed by atoms with Crippen LogP contribution < -0.4 is 0 Å². The molecule has 0 unspecified atom stereocenters. The molecule has 0 aliphatic heterocycles. The van der Waals surface area contributed by atoms with Crippen LogP contribution in [0.3, 0.4) is 0 Å². The van der Waals surface area contributed by atoms with Crippen molar-refractivity contribution in [3.63, 3.8) is 0 Å². The summed E-state index contributed by atoms with van der Waals surface area (Å²) in [5, 5.41) is 5.31. The third kappa shape index (κ3) is 26.5. The summed E-state index contributed by atoms with van der Waals surface area (Å²) in [6, 6.07) is 1.05. The molecule has 2 rings (SSSR count). The molecule has 2 aliphatic carbocycles. The van der Waals surface area contributed by atoms with Gasteiger partial charge in [-0.25, -0.2) is 0 Å². The van der Waals surface area contributed by atoms with Crippen molar-refractivity contribution < 1.29 is 41.7 Å². The van der Waals surface area contributed by atoms with Gasteiger partial charge in [0, 0.05) is 5.96 Å². The van der Waals surface area contributed by atoms with E-state index >= 15 is 0 Å². The molecule has 253 valence electrons. The summed E-state index contributed by atoms with van der Waals surface area (Å²) >= 11 is 0. The molecule has 0 saturated heterocycles. The van der Waals surface area contributed by atoms with Gasteiger partial charge in [0.05, 0.1) is 16.5 Å². The minimum absolute atomic E-state index is 0. The van der Waals surface area contributed by atoms with E-state index < -0.39 is 49.4 Å². The van der Waals surface area contributed by atoms with E-state index in [0.717, 1.165) is 5.96 Å². The van der Waals surface area contributed by atoms with Gasteiger partial charge in [-0.1, -0.05) is 189 Å². The monoisotopic (exact) mass is 826 g/mol. The van der Waals surface area contributed by atoms with Crippen LogP contribution in [0.2, 0.25) is 118 Å². The summed E-state index contributed by atoms with van der Waals surface area (Å²) in [7, 11) is -7.39. The topological polar surface area (TPSA) is 57.9 Å². The van der Waals surface area contributed by atoms with E-state index in [0.29, 0.717) is 12.1 Å². The predicted octanol–water partition coefficient (Wildman–Crippen LogP) is 12.4. The largest absolute Gasteiger partial charge is 3.00 e. The van der Waals surface area contributed by atoms with E-state index in [1.807, 2.05) is 0 Å². The Morgan fingerprint density at radius 1 is 0.488 bits per heavy atom. The molecule has 2 aliphatic rings. The smallest absolute Gasteiger partial charge is 0.668 e. The maximum atomic E-state index is 5.31. The minimum Gasteiger partial charge on any atom is -0.668 e. The Kier molecular flexibility index (Phi) is 21.6. The van der Waals surface area contributed by atoms with Crippen molar-refractivity contribution in [3.8, 4) is 0 Å². The van der Waals surface area contributed by atoms with Crippen LogP contribution in [0.15, 0.2) is 4.99 Å². The van der Waals surface area contributed by atoms with Gasteiger partial charge in [-0.15, -0.1) is 0 Å². The molecule has 0 aromatic rings. The second-order valence-corrected chi connectivity index (χ2v) is 47.9. The Bertz CT molecular complexity index is 711. The standard InChI is InChI=1S/C19H40N3Si2.2C6H18NSi2.Ce/c1-23(2,3)22(24(4,5)6)19(20-17-13-9-7-10-14-17)21-18-15-11-8-12-16-18;2*1-8(2,3)7-9(4,5)6;/h17-18H,7-16H2,1-6H3;2*1-6H3;/q3*-1;+3. The average Bonchev–Trinajstić information content (AvgIpc) is 2.68. The molecule has 1 radical (unpaired) electrons. The number of hydrogen-bond donors (Lipinski definition) is 0. The fraction of sp³-hybridized carbons (Fsp3) is 0.968. The molecule has 0 heterocycles. The van der Waals surface area contributed by atoms with Crippen LogP contribution in [-0.2, 0) is 0 Å². The molecule has 0 aromatic heterocycles. The molecular formula is C31H76CeN5Si6. The molecule has 0 bridgehead atoms. The van der Waals surface area contributed by atoms with Crippen LogP contribution in [0.4, 0.5) is 0 Å². The van der Waals surface area contributed by atoms with Crippen molar-refractivity contribution >= 4 is 55.4 Å². The van der Waals surface area contributed by atoms with Crippen LogP contribution in [0.5, 0.6) is 0 Å². The first-order valence-electron chi connectivity index (χ1n) is 17.2. The third-order valence-electron chi connectivity index (χ3n) is 6.63. The van der Waals surface area contributed by atoms with Crippen molar-refractivity contribution in [1.82, 2.24) is 4.23 Å². The molecule has 2 fully saturated rings. The molecule has 5 nitrogen and oxygen atoms in total. The van der Waals surface area contributed by atoms with Crippen molar-refractivity contribution in [2.75, 3.05) is 0 Å². The molecule has 2 saturated carbocycles. The van der Waals surface area contributed by atoms with E-state index in [1.54, 1.807) is 0 Å². The van der Waals surface area contributed by atoms with Gasteiger partial charge in [-0.2, -0.15) is 0 Å². The Labute approximate surface area is 312 Å². The van der Waals surface area contributed by atoms with Gasteiger partial charge in [0.1, 0.15) is 0 Å². The summed E-state index contributed by atoms with van der Waals surface area (Å²) in [6.45, 7) is 42.4.